The third-order valence-electron chi connectivity index (χ3n) is 5.99. The fourth-order valence-electron chi connectivity index (χ4n) is 4.12. The molecule has 0 radical (unpaired) electrons. The van der Waals surface area contributed by atoms with Gasteiger partial charge in [0, 0.05) is 24.1 Å². The van der Waals surface area contributed by atoms with Crippen molar-refractivity contribution in [3.8, 4) is 40.1 Å². The Kier molecular flexibility index (Phi) is 8.87. The summed E-state index contributed by atoms with van der Waals surface area (Å²) in [5, 5.41) is 23.7. The third-order valence-corrected chi connectivity index (χ3v) is 5.99. The zero-order chi connectivity index (χ0) is 26.9. The first-order valence-corrected chi connectivity index (χ1v) is 12.7. The van der Waals surface area contributed by atoms with Crippen molar-refractivity contribution in [1.82, 2.24) is 5.16 Å². The summed E-state index contributed by atoms with van der Waals surface area (Å²) in [6, 6.07) is 17.3. The molecule has 0 aliphatic rings. The van der Waals surface area contributed by atoms with Gasteiger partial charge in [-0.2, -0.15) is 0 Å². The molecule has 0 saturated carbocycles. The van der Waals surface area contributed by atoms with Gasteiger partial charge in [-0.05, 0) is 48.7 Å². The Bertz CT molecular complexity index is 1370. The molecule has 0 aliphatic heterocycles. The maximum absolute atomic E-state index is 11.6. The third kappa shape index (κ3) is 6.26. The second-order valence-corrected chi connectivity index (χ2v) is 8.64. The molecular weight excluding hydrogens is 486 g/mol. The van der Waals surface area contributed by atoms with E-state index >= 15 is 0 Å². The van der Waals surface area contributed by atoms with Crippen molar-refractivity contribution in [3.63, 3.8) is 0 Å². The molecule has 3 aromatic carbocycles. The number of aromatic carboxylic acids is 1. The van der Waals surface area contributed by atoms with E-state index in [0.717, 1.165) is 24.0 Å². The number of para-hydroxylation sites is 1. The van der Waals surface area contributed by atoms with Crippen LogP contribution >= 0.6 is 0 Å². The molecule has 0 amide bonds. The average Bonchev–Trinajstić information content (AvgIpc) is 3.45. The van der Waals surface area contributed by atoms with Crippen LogP contribution in [0.2, 0.25) is 0 Å². The summed E-state index contributed by atoms with van der Waals surface area (Å²) >= 11 is 0. The SMILES string of the molecule is CCCc1c(OCCCOc2cc(O)c(-c3ccno3)cc2CC)cccc1Oc1ccccc1C(=O)O. The van der Waals surface area contributed by atoms with Gasteiger partial charge in [-0.3, -0.25) is 0 Å². The number of hydrogen-bond donors (Lipinski definition) is 2. The molecule has 1 aromatic heterocycles. The summed E-state index contributed by atoms with van der Waals surface area (Å²) < 4.78 is 23.3. The van der Waals surface area contributed by atoms with E-state index in [2.05, 4.69) is 12.1 Å². The highest BCUT2D eigenvalue weighted by molar-refractivity contribution is 5.91. The zero-order valence-electron chi connectivity index (χ0n) is 21.5. The normalized spacial score (nSPS) is 10.8. The van der Waals surface area contributed by atoms with Crippen LogP contribution in [0.15, 0.2) is 71.4 Å². The van der Waals surface area contributed by atoms with Gasteiger partial charge in [0.15, 0.2) is 5.76 Å². The van der Waals surface area contributed by atoms with Crippen LogP contribution in [0.25, 0.3) is 11.3 Å². The van der Waals surface area contributed by atoms with Crippen molar-refractivity contribution in [3.05, 3.63) is 83.6 Å². The lowest BCUT2D eigenvalue weighted by Crippen LogP contribution is -2.08. The first kappa shape index (κ1) is 26.6. The number of benzene rings is 3. The first-order valence-electron chi connectivity index (χ1n) is 12.7. The molecule has 0 spiro atoms. The molecule has 0 atom stereocenters. The molecule has 0 bridgehead atoms. The molecule has 8 nitrogen and oxygen atoms in total. The lowest BCUT2D eigenvalue weighted by molar-refractivity contribution is 0.0694. The molecule has 4 aromatic rings. The van der Waals surface area contributed by atoms with E-state index in [-0.39, 0.29) is 17.1 Å². The number of ether oxygens (including phenoxy) is 3. The first-order chi connectivity index (χ1) is 18.5. The van der Waals surface area contributed by atoms with Crippen LogP contribution in [-0.2, 0) is 12.8 Å². The summed E-state index contributed by atoms with van der Waals surface area (Å²) in [7, 11) is 0. The van der Waals surface area contributed by atoms with Crippen LogP contribution < -0.4 is 14.2 Å². The number of carbonyl (C=O) groups is 1. The zero-order valence-corrected chi connectivity index (χ0v) is 21.5. The Morgan fingerprint density at radius 3 is 2.37 bits per heavy atom. The monoisotopic (exact) mass is 517 g/mol. The minimum absolute atomic E-state index is 0.0655. The maximum atomic E-state index is 11.6. The van der Waals surface area contributed by atoms with Gasteiger partial charge < -0.3 is 28.9 Å². The van der Waals surface area contributed by atoms with Crippen molar-refractivity contribution in [1.29, 1.82) is 0 Å². The van der Waals surface area contributed by atoms with E-state index in [1.54, 1.807) is 30.3 Å². The molecule has 0 saturated heterocycles. The Morgan fingerprint density at radius 1 is 0.921 bits per heavy atom. The molecular formula is C30H31NO7. The van der Waals surface area contributed by atoms with Gasteiger partial charge in [0.1, 0.15) is 34.3 Å². The Balaban J connectivity index is 1.39. The number of hydrogen-bond acceptors (Lipinski definition) is 7. The van der Waals surface area contributed by atoms with Crippen molar-refractivity contribution in [2.45, 2.75) is 39.5 Å². The lowest BCUT2D eigenvalue weighted by atomic mass is 10.0. The Hall–Kier alpha value is -4.46. The smallest absolute Gasteiger partial charge is 0.339 e. The number of rotatable bonds is 13. The quantitative estimate of drug-likeness (QED) is 0.184. The van der Waals surface area contributed by atoms with Gasteiger partial charge in [-0.15, -0.1) is 0 Å². The topological polar surface area (TPSA) is 111 Å². The van der Waals surface area contributed by atoms with Crippen LogP contribution in [0.3, 0.4) is 0 Å². The summed E-state index contributed by atoms with van der Waals surface area (Å²) in [6.45, 7) is 4.90. The highest BCUT2D eigenvalue weighted by Crippen LogP contribution is 2.36. The molecule has 38 heavy (non-hydrogen) atoms. The minimum Gasteiger partial charge on any atom is -0.507 e. The molecule has 8 heteroatoms. The lowest BCUT2D eigenvalue weighted by Gasteiger charge is -2.17. The molecule has 2 N–H and O–H groups in total. The van der Waals surface area contributed by atoms with Crippen molar-refractivity contribution >= 4 is 5.97 Å². The van der Waals surface area contributed by atoms with E-state index in [4.69, 9.17) is 18.7 Å². The van der Waals surface area contributed by atoms with Crippen molar-refractivity contribution < 1.29 is 33.7 Å². The minimum atomic E-state index is -1.04. The van der Waals surface area contributed by atoms with Crippen LogP contribution in [-0.4, -0.2) is 34.6 Å². The highest BCUT2D eigenvalue weighted by atomic mass is 16.5. The van der Waals surface area contributed by atoms with Gasteiger partial charge >= 0.3 is 5.97 Å². The number of nitrogens with zero attached hydrogens (tertiary/aromatic N) is 1. The number of carboxylic acids is 1. The van der Waals surface area contributed by atoms with E-state index in [1.807, 2.05) is 31.2 Å². The van der Waals surface area contributed by atoms with E-state index < -0.39 is 5.97 Å². The summed E-state index contributed by atoms with van der Waals surface area (Å²) in [5.41, 5.74) is 2.51. The largest absolute Gasteiger partial charge is 0.507 e. The number of aryl methyl sites for hydroxylation is 1. The van der Waals surface area contributed by atoms with Gasteiger partial charge in [-0.25, -0.2) is 4.79 Å². The van der Waals surface area contributed by atoms with Crippen LogP contribution in [0, 0.1) is 0 Å². The molecule has 0 aliphatic carbocycles. The Morgan fingerprint density at radius 2 is 1.66 bits per heavy atom. The molecule has 1 heterocycles. The molecule has 198 valence electrons. The number of phenolic OH excluding ortho intramolecular Hbond substituents is 1. The maximum Gasteiger partial charge on any atom is 0.339 e. The summed E-state index contributed by atoms with van der Waals surface area (Å²) in [6.07, 6.45) is 4.47. The standard InChI is InChI=1S/C30H31NO7/c1-3-9-21-25(12-7-13-26(21)37-27-11-6-5-10-22(27)30(33)34)35-16-8-17-36-29-19-24(32)23(18-20(29)4-2)28-14-15-31-38-28/h5-7,10-15,18-19,32H,3-4,8-9,16-17H2,1-2H3,(H,33,34). The van der Waals surface area contributed by atoms with Crippen LogP contribution in [0.5, 0.6) is 28.7 Å². The predicted octanol–water partition coefficient (Wildman–Crippen LogP) is 6.90. The van der Waals surface area contributed by atoms with E-state index in [0.29, 0.717) is 54.6 Å². The second kappa shape index (κ2) is 12.7. The fourth-order valence-corrected chi connectivity index (χ4v) is 4.12. The van der Waals surface area contributed by atoms with Crippen molar-refractivity contribution in [2.75, 3.05) is 13.2 Å². The van der Waals surface area contributed by atoms with Gasteiger partial charge in [0.05, 0.1) is 25.0 Å². The van der Waals surface area contributed by atoms with Gasteiger partial charge in [0.25, 0.3) is 0 Å². The summed E-state index contributed by atoms with van der Waals surface area (Å²) in [5.74, 6) is 1.69. The van der Waals surface area contributed by atoms with Crippen molar-refractivity contribution in [2.24, 2.45) is 0 Å². The molecule has 0 unspecified atom stereocenters. The Labute approximate surface area is 221 Å². The molecule has 0 fully saturated rings. The predicted molar refractivity (Wildman–Crippen MR) is 143 cm³/mol. The van der Waals surface area contributed by atoms with E-state index in [9.17, 15) is 15.0 Å². The number of aromatic hydroxyl groups is 1. The van der Waals surface area contributed by atoms with Gasteiger partial charge in [-0.1, -0.05) is 43.6 Å². The molecule has 4 rings (SSSR count). The highest BCUT2D eigenvalue weighted by Gasteiger charge is 2.16. The summed E-state index contributed by atoms with van der Waals surface area (Å²) in [4.78, 5) is 11.6. The van der Waals surface area contributed by atoms with Crippen LogP contribution in [0.4, 0.5) is 0 Å². The van der Waals surface area contributed by atoms with Crippen LogP contribution in [0.1, 0.15) is 48.2 Å². The number of phenols is 1. The fraction of sp³-hybridized carbons (Fsp3) is 0.267. The second-order valence-electron chi connectivity index (χ2n) is 8.64. The van der Waals surface area contributed by atoms with Gasteiger partial charge in [0.2, 0.25) is 0 Å². The number of aromatic nitrogens is 1. The average molecular weight is 518 g/mol. The van der Waals surface area contributed by atoms with E-state index in [1.165, 1.54) is 12.3 Å². The number of carboxylic acid groups (broad SMARTS) is 1.